The number of rotatable bonds is 6. The van der Waals surface area contributed by atoms with Crippen LogP contribution in [0, 0.1) is 0 Å². The molecule has 1 aromatic heterocycles. The van der Waals surface area contributed by atoms with Crippen LogP contribution in [0.4, 0.5) is 0 Å². The first-order valence-corrected chi connectivity index (χ1v) is 7.45. The van der Waals surface area contributed by atoms with Crippen LogP contribution in [0.1, 0.15) is 21.7 Å². The Hall–Kier alpha value is -2.16. The van der Waals surface area contributed by atoms with Crippen LogP contribution < -0.4 is 0 Å². The lowest BCUT2D eigenvalue weighted by Crippen LogP contribution is -2.25. The summed E-state index contributed by atoms with van der Waals surface area (Å²) in [7, 11) is 1.27. The Morgan fingerprint density at radius 3 is 2.41 bits per heavy atom. The number of hydrogen-bond donors (Lipinski definition) is 1. The second-order valence-corrected chi connectivity index (χ2v) is 5.37. The van der Waals surface area contributed by atoms with Gasteiger partial charge in [0.05, 0.1) is 19.2 Å². The topological polar surface area (TPSA) is 92.6 Å². The zero-order valence-corrected chi connectivity index (χ0v) is 12.7. The number of methoxy groups -OCH3 is 1. The third-order valence-electron chi connectivity index (χ3n) is 2.87. The van der Waals surface area contributed by atoms with Crippen LogP contribution >= 0.6 is 0 Å². The summed E-state index contributed by atoms with van der Waals surface area (Å²) in [6.45, 7) is 0.367. The van der Waals surface area contributed by atoms with Crippen LogP contribution in [-0.2, 0) is 29.1 Å². The van der Waals surface area contributed by atoms with E-state index in [1.54, 1.807) is 0 Å². The molecule has 0 amide bonds. The predicted molar refractivity (Wildman–Crippen MR) is 79.8 cm³/mol. The highest BCUT2D eigenvalue weighted by Crippen LogP contribution is 2.09. The van der Waals surface area contributed by atoms with Gasteiger partial charge in [0.15, 0.2) is 0 Å². The van der Waals surface area contributed by atoms with Crippen molar-refractivity contribution < 1.29 is 18.3 Å². The van der Waals surface area contributed by atoms with Gasteiger partial charge in [-0.05, 0) is 5.56 Å². The van der Waals surface area contributed by atoms with Gasteiger partial charge in [-0.1, -0.05) is 30.3 Å². The fourth-order valence-corrected chi connectivity index (χ4v) is 2.26. The van der Waals surface area contributed by atoms with Gasteiger partial charge in [0.2, 0.25) is 11.3 Å². The molecule has 0 saturated carbocycles. The summed E-state index contributed by atoms with van der Waals surface area (Å²) in [6.07, 6.45) is 2.66. The lowest BCUT2D eigenvalue weighted by molar-refractivity contribution is 0.0599. The molecule has 1 N–H and O–H groups in total. The van der Waals surface area contributed by atoms with Crippen molar-refractivity contribution in [2.24, 2.45) is 0 Å². The summed E-state index contributed by atoms with van der Waals surface area (Å²) in [6, 6.07) is 9.31. The van der Waals surface area contributed by atoms with E-state index in [9.17, 15) is 13.6 Å². The minimum absolute atomic E-state index is 0.0828. The molecule has 0 aliphatic carbocycles. The third kappa shape index (κ3) is 4.42. The predicted octanol–water partition coefficient (Wildman–Crippen LogP) is 1.40. The maximum atomic E-state index is 11.4. The van der Waals surface area contributed by atoms with Crippen LogP contribution in [0.3, 0.4) is 0 Å². The van der Waals surface area contributed by atoms with Crippen molar-refractivity contribution in [3.63, 3.8) is 0 Å². The molecule has 1 aromatic carbocycles. The molecular formula is C14H15N3O4S. The zero-order chi connectivity index (χ0) is 15.9. The Morgan fingerprint density at radius 1 is 1.23 bits per heavy atom. The summed E-state index contributed by atoms with van der Waals surface area (Å²) in [5.41, 5.74) is 1.13. The van der Waals surface area contributed by atoms with Crippen LogP contribution in [0.5, 0.6) is 0 Å². The average molecular weight is 321 g/mol. The molecule has 0 bridgehead atoms. The van der Waals surface area contributed by atoms with Gasteiger partial charge in [0.1, 0.15) is 5.82 Å². The largest absolute Gasteiger partial charge is 0.465 e. The van der Waals surface area contributed by atoms with Crippen molar-refractivity contribution in [3.05, 3.63) is 59.7 Å². The van der Waals surface area contributed by atoms with Gasteiger partial charge in [-0.15, -0.1) is 0 Å². The fourth-order valence-electron chi connectivity index (χ4n) is 1.77. The van der Waals surface area contributed by atoms with E-state index in [-0.39, 0.29) is 18.7 Å². The quantitative estimate of drug-likeness (QED) is 0.638. The van der Waals surface area contributed by atoms with E-state index in [2.05, 4.69) is 14.7 Å². The molecule has 0 fully saturated rings. The number of aromatic nitrogens is 2. The van der Waals surface area contributed by atoms with Crippen LogP contribution in [0.2, 0.25) is 0 Å². The van der Waals surface area contributed by atoms with Crippen LogP contribution in [0.15, 0.2) is 42.7 Å². The van der Waals surface area contributed by atoms with E-state index in [0.29, 0.717) is 5.82 Å². The number of esters is 1. The Bertz CT molecular complexity index is 649. The molecule has 7 nitrogen and oxygen atoms in total. The van der Waals surface area contributed by atoms with Crippen molar-refractivity contribution >= 4 is 17.2 Å². The van der Waals surface area contributed by atoms with Gasteiger partial charge in [-0.3, -0.25) is 4.55 Å². The van der Waals surface area contributed by atoms with Gasteiger partial charge in [0.25, 0.3) is 0 Å². The number of nitrogens with zero attached hydrogens (tertiary/aromatic N) is 3. The van der Waals surface area contributed by atoms with Gasteiger partial charge >= 0.3 is 5.97 Å². The summed E-state index contributed by atoms with van der Waals surface area (Å²) in [4.78, 5) is 19.3. The molecule has 0 saturated heterocycles. The SMILES string of the molecule is COC(=O)c1cnc(CN(Cc2ccccc2)S(=O)O)nc1. The lowest BCUT2D eigenvalue weighted by atomic mass is 10.2. The van der Waals surface area contributed by atoms with Gasteiger partial charge < -0.3 is 4.74 Å². The molecule has 2 rings (SSSR count). The maximum Gasteiger partial charge on any atom is 0.341 e. The Kier molecular flexibility index (Phi) is 5.70. The van der Waals surface area contributed by atoms with Crippen LogP contribution in [0.25, 0.3) is 0 Å². The van der Waals surface area contributed by atoms with E-state index < -0.39 is 17.2 Å². The maximum absolute atomic E-state index is 11.4. The molecule has 8 heteroatoms. The lowest BCUT2D eigenvalue weighted by Gasteiger charge is -2.16. The number of ether oxygens (including phenoxy) is 1. The number of hydrogen-bond acceptors (Lipinski definition) is 5. The fraction of sp³-hybridized carbons (Fsp3) is 0.214. The highest BCUT2D eigenvalue weighted by molar-refractivity contribution is 7.76. The summed E-state index contributed by atoms with van der Waals surface area (Å²) >= 11 is -2.16. The van der Waals surface area contributed by atoms with Crippen molar-refractivity contribution in [2.75, 3.05) is 7.11 Å². The van der Waals surface area contributed by atoms with E-state index >= 15 is 0 Å². The third-order valence-corrected chi connectivity index (χ3v) is 3.57. The van der Waals surface area contributed by atoms with Gasteiger partial charge in [-0.25, -0.2) is 19.0 Å². The van der Waals surface area contributed by atoms with Crippen molar-refractivity contribution in [1.29, 1.82) is 0 Å². The van der Waals surface area contributed by atoms with Crippen molar-refractivity contribution in [2.45, 2.75) is 13.1 Å². The van der Waals surface area contributed by atoms with E-state index in [4.69, 9.17) is 0 Å². The molecule has 0 aliphatic rings. The van der Waals surface area contributed by atoms with Crippen molar-refractivity contribution in [1.82, 2.24) is 14.3 Å². The summed E-state index contributed by atoms with van der Waals surface area (Å²) in [5.74, 6) is -0.190. The highest BCUT2D eigenvalue weighted by atomic mass is 32.2. The zero-order valence-electron chi connectivity index (χ0n) is 11.9. The molecule has 1 unspecified atom stereocenters. The first-order chi connectivity index (χ1) is 10.6. The number of carbonyl (C=O) groups is 1. The Labute approximate surface area is 130 Å². The molecule has 0 radical (unpaired) electrons. The second kappa shape index (κ2) is 7.74. The monoisotopic (exact) mass is 321 g/mol. The molecule has 22 heavy (non-hydrogen) atoms. The number of carbonyl (C=O) groups excluding carboxylic acids is 1. The van der Waals surface area contributed by atoms with E-state index in [1.165, 1.54) is 23.8 Å². The van der Waals surface area contributed by atoms with Gasteiger partial charge in [-0.2, -0.15) is 4.31 Å². The Morgan fingerprint density at radius 2 is 1.86 bits per heavy atom. The first kappa shape index (κ1) is 16.2. The minimum Gasteiger partial charge on any atom is -0.465 e. The molecular weight excluding hydrogens is 306 g/mol. The normalized spacial score (nSPS) is 12.1. The number of benzene rings is 1. The molecule has 1 heterocycles. The average Bonchev–Trinajstić information content (AvgIpc) is 2.55. The molecule has 0 aliphatic heterocycles. The standard InChI is InChI=1S/C14H15N3O4S/c1-21-14(18)12-7-15-13(16-8-12)10-17(22(19)20)9-11-5-3-2-4-6-11/h2-8H,9-10H2,1H3,(H,19,20). The molecule has 116 valence electrons. The minimum atomic E-state index is -2.16. The molecule has 0 spiro atoms. The highest BCUT2D eigenvalue weighted by Gasteiger charge is 2.15. The first-order valence-electron chi connectivity index (χ1n) is 6.39. The van der Waals surface area contributed by atoms with E-state index in [0.717, 1.165) is 5.56 Å². The van der Waals surface area contributed by atoms with Crippen molar-refractivity contribution in [3.8, 4) is 0 Å². The van der Waals surface area contributed by atoms with Crippen LogP contribution in [-0.4, -0.2) is 36.1 Å². The summed E-state index contributed by atoms with van der Waals surface area (Å²) < 4.78 is 26.7. The molecule has 2 aromatic rings. The van der Waals surface area contributed by atoms with E-state index in [1.807, 2.05) is 30.3 Å². The second-order valence-electron chi connectivity index (χ2n) is 4.39. The van der Waals surface area contributed by atoms with Gasteiger partial charge in [0, 0.05) is 18.9 Å². The smallest absolute Gasteiger partial charge is 0.341 e. The summed E-state index contributed by atoms with van der Waals surface area (Å²) in [5, 5.41) is 0. The molecule has 1 atom stereocenters. The Balaban J connectivity index is 2.08.